The van der Waals surface area contributed by atoms with Crippen LogP contribution in [-0.2, 0) is 4.74 Å². The van der Waals surface area contributed by atoms with Crippen LogP contribution < -0.4 is 10.6 Å². The summed E-state index contributed by atoms with van der Waals surface area (Å²) in [7, 11) is 1.65. The van der Waals surface area contributed by atoms with E-state index in [2.05, 4.69) is 10.6 Å². The van der Waals surface area contributed by atoms with Crippen LogP contribution in [0.25, 0.3) is 0 Å². The van der Waals surface area contributed by atoms with Crippen LogP contribution in [0.3, 0.4) is 0 Å². The van der Waals surface area contributed by atoms with Crippen LogP contribution in [0.5, 0.6) is 0 Å². The van der Waals surface area contributed by atoms with Gasteiger partial charge in [0.15, 0.2) is 0 Å². The van der Waals surface area contributed by atoms with E-state index in [4.69, 9.17) is 16.3 Å². The monoisotopic (exact) mass is 350 g/mol. The topological polar surface area (TPSA) is 50.4 Å². The van der Waals surface area contributed by atoms with Gasteiger partial charge in [0, 0.05) is 19.1 Å². The Bertz CT molecular complexity index is 483. The summed E-state index contributed by atoms with van der Waals surface area (Å²) in [6.07, 6.45) is 1.82. The van der Waals surface area contributed by atoms with Crippen LogP contribution in [0.15, 0.2) is 18.2 Å². The molecule has 1 aliphatic heterocycles. The Labute approximate surface area is 141 Å². The van der Waals surface area contributed by atoms with E-state index < -0.39 is 11.7 Å². The van der Waals surface area contributed by atoms with Gasteiger partial charge in [-0.15, -0.1) is 12.4 Å². The molecular formula is C15H21Cl2FN2O2. The smallest absolute Gasteiger partial charge is 0.255 e. The fourth-order valence-electron chi connectivity index (χ4n) is 2.71. The highest BCUT2D eigenvalue weighted by atomic mass is 35.5. The van der Waals surface area contributed by atoms with Crippen molar-refractivity contribution in [3.63, 3.8) is 0 Å². The largest absolute Gasteiger partial charge is 0.384 e. The molecule has 2 N–H and O–H groups in total. The standard InChI is InChI=1S/C15H20ClFN2O2.ClH/c1-21-10-15(5-7-18-8-6-15)9-19-14(20)13-11(16)3-2-4-12(13)17;/h2-4,18H,5-10H2,1H3,(H,19,20);1H. The number of halogens is 3. The minimum absolute atomic E-state index is 0. The zero-order valence-electron chi connectivity index (χ0n) is 12.5. The van der Waals surface area contributed by atoms with Crippen molar-refractivity contribution in [2.75, 3.05) is 33.4 Å². The van der Waals surface area contributed by atoms with Crippen molar-refractivity contribution >= 4 is 29.9 Å². The van der Waals surface area contributed by atoms with Crippen molar-refractivity contribution in [2.45, 2.75) is 12.8 Å². The fraction of sp³-hybridized carbons (Fsp3) is 0.533. The van der Waals surface area contributed by atoms with E-state index in [0.29, 0.717) is 13.2 Å². The number of carbonyl (C=O) groups excluding carboxylic acids is 1. The molecule has 1 amide bonds. The van der Waals surface area contributed by atoms with Crippen LogP contribution in [0.2, 0.25) is 5.02 Å². The lowest BCUT2D eigenvalue weighted by Crippen LogP contribution is -2.47. The first-order chi connectivity index (χ1) is 10.1. The van der Waals surface area contributed by atoms with Crippen LogP contribution in [0.1, 0.15) is 23.2 Å². The number of piperidine rings is 1. The second-order valence-electron chi connectivity index (χ2n) is 5.46. The van der Waals surface area contributed by atoms with E-state index in [0.717, 1.165) is 25.9 Å². The molecule has 1 fully saturated rings. The van der Waals surface area contributed by atoms with Gasteiger partial charge in [-0.1, -0.05) is 17.7 Å². The molecule has 0 unspecified atom stereocenters. The molecule has 4 nitrogen and oxygen atoms in total. The van der Waals surface area contributed by atoms with Gasteiger partial charge in [-0.2, -0.15) is 0 Å². The maximum absolute atomic E-state index is 13.7. The quantitative estimate of drug-likeness (QED) is 0.858. The normalized spacial score (nSPS) is 16.7. The van der Waals surface area contributed by atoms with Crippen LogP contribution in [0.4, 0.5) is 4.39 Å². The van der Waals surface area contributed by atoms with Crippen molar-refractivity contribution in [2.24, 2.45) is 5.41 Å². The van der Waals surface area contributed by atoms with Crippen molar-refractivity contribution in [3.8, 4) is 0 Å². The van der Waals surface area contributed by atoms with Gasteiger partial charge < -0.3 is 15.4 Å². The van der Waals surface area contributed by atoms with E-state index in [1.54, 1.807) is 7.11 Å². The maximum Gasteiger partial charge on any atom is 0.255 e. The van der Waals surface area contributed by atoms with Crippen LogP contribution >= 0.6 is 24.0 Å². The van der Waals surface area contributed by atoms with Crippen molar-refractivity contribution < 1.29 is 13.9 Å². The Kier molecular flexibility index (Phi) is 7.56. The Morgan fingerprint density at radius 1 is 1.45 bits per heavy atom. The van der Waals surface area contributed by atoms with Gasteiger partial charge in [0.25, 0.3) is 5.91 Å². The number of nitrogens with one attached hydrogen (secondary N) is 2. The third kappa shape index (κ3) is 4.56. The Balaban J connectivity index is 0.00000242. The number of hydrogen-bond acceptors (Lipinski definition) is 3. The third-order valence-corrected chi connectivity index (χ3v) is 4.24. The molecule has 0 spiro atoms. The molecule has 0 atom stereocenters. The Morgan fingerprint density at radius 3 is 2.73 bits per heavy atom. The summed E-state index contributed by atoms with van der Waals surface area (Å²) < 4.78 is 19.0. The Hall–Kier alpha value is -0.880. The molecule has 22 heavy (non-hydrogen) atoms. The number of methoxy groups -OCH3 is 1. The average Bonchev–Trinajstić information content (AvgIpc) is 2.46. The molecule has 124 valence electrons. The molecule has 1 aromatic carbocycles. The molecule has 0 aliphatic carbocycles. The zero-order chi connectivity index (χ0) is 15.3. The van der Waals surface area contributed by atoms with E-state index in [1.807, 2.05) is 0 Å². The molecule has 0 saturated carbocycles. The third-order valence-electron chi connectivity index (χ3n) is 3.93. The summed E-state index contributed by atoms with van der Waals surface area (Å²) in [6, 6.07) is 4.22. The number of carbonyl (C=O) groups is 1. The minimum atomic E-state index is -0.605. The van der Waals surface area contributed by atoms with Gasteiger partial charge >= 0.3 is 0 Å². The second kappa shape index (κ2) is 8.67. The minimum Gasteiger partial charge on any atom is -0.384 e. The molecule has 1 heterocycles. The predicted molar refractivity (Wildman–Crippen MR) is 87.4 cm³/mol. The van der Waals surface area contributed by atoms with Crippen molar-refractivity contribution in [1.82, 2.24) is 10.6 Å². The maximum atomic E-state index is 13.7. The highest BCUT2D eigenvalue weighted by Crippen LogP contribution is 2.28. The summed E-state index contributed by atoms with van der Waals surface area (Å²) >= 11 is 5.91. The SMILES string of the molecule is COCC1(CNC(=O)c2c(F)cccc2Cl)CCNCC1.Cl. The average molecular weight is 351 g/mol. The first-order valence-corrected chi connectivity index (χ1v) is 7.38. The summed E-state index contributed by atoms with van der Waals surface area (Å²) in [5, 5.41) is 6.21. The predicted octanol–water partition coefficient (Wildman–Crippen LogP) is 2.65. The molecule has 0 bridgehead atoms. The number of rotatable bonds is 5. The first-order valence-electron chi connectivity index (χ1n) is 7.00. The van der Waals surface area contributed by atoms with E-state index in [1.165, 1.54) is 18.2 Å². The molecule has 0 aromatic heterocycles. The highest BCUT2D eigenvalue weighted by molar-refractivity contribution is 6.33. The lowest BCUT2D eigenvalue weighted by Gasteiger charge is -2.37. The lowest BCUT2D eigenvalue weighted by atomic mass is 9.79. The number of amides is 1. The van der Waals surface area contributed by atoms with Crippen molar-refractivity contribution in [1.29, 1.82) is 0 Å². The molecular weight excluding hydrogens is 330 g/mol. The van der Waals surface area contributed by atoms with Crippen molar-refractivity contribution in [3.05, 3.63) is 34.6 Å². The lowest BCUT2D eigenvalue weighted by molar-refractivity contribution is 0.0511. The molecule has 1 saturated heterocycles. The van der Waals surface area contributed by atoms with Gasteiger partial charge in [0.05, 0.1) is 17.2 Å². The highest BCUT2D eigenvalue weighted by Gasteiger charge is 2.33. The van der Waals surface area contributed by atoms with Gasteiger partial charge in [-0.05, 0) is 38.1 Å². The molecule has 7 heteroatoms. The number of ether oxygens (including phenoxy) is 1. The fourth-order valence-corrected chi connectivity index (χ4v) is 2.96. The summed E-state index contributed by atoms with van der Waals surface area (Å²) in [4.78, 5) is 12.2. The van der Waals surface area contributed by atoms with Gasteiger partial charge in [-0.25, -0.2) is 4.39 Å². The van der Waals surface area contributed by atoms with Crippen LogP contribution in [0, 0.1) is 11.2 Å². The van der Waals surface area contributed by atoms with E-state index in [9.17, 15) is 9.18 Å². The molecule has 1 aromatic rings. The number of hydrogen-bond donors (Lipinski definition) is 2. The second-order valence-corrected chi connectivity index (χ2v) is 5.87. The van der Waals surface area contributed by atoms with Gasteiger partial charge in [0.2, 0.25) is 0 Å². The Morgan fingerprint density at radius 2 is 2.14 bits per heavy atom. The number of benzene rings is 1. The van der Waals surface area contributed by atoms with Crippen LogP contribution in [-0.4, -0.2) is 39.3 Å². The van der Waals surface area contributed by atoms with E-state index >= 15 is 0 Å². The summed E-state index contributed by atoms with van der Waals surface area (Å²) in [5.74, 6) is -1.08. The van der Waals surface area contributed by atoms with Gasteiger partial charge in [-0.3, -0.25) is 4.79 Å². The first kappa shape index (κ1) is 19.2. The molecule has 2 rings (SSSR count). The summed E-state index contributed by atoms with van der Waals surface area (Å²) in [5.41, 5.74) is -0.200. The van der Waals surface area contributed by atoms with E-state index in [-0.39, 0.29) is 28.4 Å². The summed E-state index contributed by atoms with van der Waals surface area (Å²) in [6.45, 7) is 2.80. The molecule has 0 radical (unpaired) electrons. The van der Waals surface area contributed by atoms with Gasteiger partial charge in [0.1, 0.15) is 5.82 Å². The zero-order valence-corrected chi connectivity index (χ0v) is 14.0. The molecule has 1 aliphatic rings.